The van der Waals surface area contributed by atoms with Crippen LogP contribution < -0.4 is 10.1 Å². The summed E-state index contributed by atoms with van der Waals surface area (Å²) in [4.78, 5) is 0. The molecule has 0 aliphatic heterocycles. The topological polar surface area (TPSA) is 61.7 Å². The highest BCUT2D eigenvalue weighted by Gasteiger charge is 2.06. The van der Waals surface area contributed by atoms with Gasteiger partial charge in [-0.15, -0.1) is 0 Å². The number of hydrogen-bond acceptors (Lipinski definition) is 4. The highest BCUT2D eigenvalue weighted by Crippen LogP contribution is 2.26. The van der Waals surface area contributed by atoms with Crippen molar-refractivity contribution in [2.75, 3.05) is 13.7 Å². The van der Waals surface area contributed by atoms with E-state index in [9.17, 15) is 10.2 Å². The Bertz CT molecular complexity index is 581. The van der Waals surface area contributed by atoms with Crippen molar-refractivity contribution in [1.82, 2.24) is 5.32 Å². The molecule has 0 aliphatic carbocycles. The van der Waals surface area contributed by atoms with Gasteiger partial charge in [0.15, 0.2) is 11.5 Å². The summed E-state index contributed by atoms with van der Waals surface area (Å²) in [6, 6.07) is 12.7. The van der Waals surface area contributed by atoms with E-state index in [1.807, 2.05) is 18.2 Å². The first kappa shape index (κ1) is 15.2. The minimum Gasteiger partial charge on any atom is -0.508 e. The number of benzene rings is 2. The van der Waals surface area contributed by atoms with Gasteiger partial charge in [-0.3, -0.25) is 0 Å². The molecule has 2 aromatic rings. The smallest absolute Gasteiger partial charge is 0.160 e. The molecule has 1 unspecified atom stereocenters. The molecule has 0 bridgehead atoms. The van der Waals surface area contributed by atoms with Gasteiger partial charge >= 0.3 is 0 Å². The zero-order valence-corrected chi connectivity index (χ0v) is 12.3. The van der Waals surface area contributed by atoms with Gasteiger partial charge < -0.3 is 20.3 Å². The quantitative estimate of drug-likeness (QED) is 0.764. The molecule has 2 aromatic carbocycles. The lowest BCUT2D eigenvalue weighted by atomic mass is 10.0. The van der Waals surface area contributed by atoms with Crippen LogP contribution in [0.4, 0.5) is 0 Å². The molecular weight excluding hydrogens is 266 g/mol. The first-order valence-corrected chi connectivity index (χ1v) is 6.95. The molecule has 0 aliphatic rings. The molecule has 0 aromatic heterocycles. The van der Waals surface area contributed by atoms with Crippen LogP contribution in [0.25, 0.3) is 0 Å². The molecule has 0 amide bonds. The zero-order valence-electron chi connectivity index (χ0n) is 12.3. The predicted octanol–water partition coefficient (Wildman–Crippen LogP) is 3.00. The van der Waals surface area contributed by atoms with E-state index in [0.29, 0.717) is 18.2 Å². The Labute approximate surface area is 125 Å². The summed E-state index contributed by atoms with van der Waals surface area (Å²) < 4.78 is 5.02. The van der Waals surface area contributed by atoms with Gasteiger partial charge in [-0.2, -0.15) is 0 Å². The lowest BCUT2D eigenvalue weighted by Crippen LogP contribution is -2.19. The normalized spacial score (nSPS) is 12.1. The molecular formula is C17H21NO3. The number of hydrogen-bond donors (Lipinski definition) is 3. The summed E-state index contributed by atoms with van der Waals surface area (Å²) in [7, 11) is 1.53. The fourth-order valence-electron chi connectivity index (χ4n) is 2.20. The van der Waals surface area contributed by atoms with Crippen LogP contribution in [0.3, 0.4) is 0 Å². The van der Waals surface area contributed by atoms with Crippen molar-refractivity contribution in [3.8, 4) is 17.2 Å². The van der Waals surface area contributed by atoms with E-state index in [0.717, 1.165) is 12.1 Å². The second-order valence-corrected chi connectivity index (χ2v) is 5.13. The van der Waals surface area contributed by atoms with Crippen molar-refractivity contribution < 1.29 is 14.9 Å². The summed E-state index contributed by atoms with van der Waals surface area (Å²) >= 11 is 0. The molecule has 4 nitrogen and oxygen atoms in total. The lowest BCUT2D eigenvalue weighted by molar-refractivity contribution is 0.373. The van der Waals surface area contributed by atoms with E-state index >= 15 is 0 Å². The fraction of sp³-hybridized carbons (Fsp3) is 0.294. The van der Waals surface area contributed by atoms with Gasteiger partial charge in [0.1, 0.15) is 5.75 Å². The molecule has 112 valence electrons. The summed E-state index contributed by atoms with van der Waals surface area (Å²) in [5, 5.41) is 22.4. The summed E-state index contributed by atoms with van der Waals surface area (Å²) in [6.45, 7) is 3.63. The van der Waals surface area contributed by atoms with Gasteiger partial charge in [-0.1, -0.05) is 25.1 Å². The van der Waals surface area contributed by atoms with Gasteiger partial charge in [-0.25, -0.2) is 0 Å². The predicted molar refractivity (Wildman–Crippen MR) is 82.9 cm³/mol. The molecule has 21 heavy (non-hydrogen) atoms. The maximum absolute atomic E-state index is 9.73. The Morgan fingerprint density at radius 1 is 1.10 bits per heavy atom. The SMILES string of the molecule is COc1ccc(CNCC(C)c2ccc(O)cc2)cc1O. The summed E-state index contributed by atoms with van der Waals surface area (Å²) in [5.41, 5.74) is 2.18. The number of nitrogens with one attached hydrogen (secondary N) is 1. The average Bonchev–Trinajstić information content (AvgIpc) is 2.48. The van der Waals surface area contributed by atoms with Crippen molar-refractivity contribution >= 4 is 0 Å². The molecule has 2 rings (SSSR count). The van der Waals surface area contributed by atoms with Crippen LogP contribution in [-0.2, 0) is 6.54 Å². The van der Waals surface area contributed by atoms with Crippen molar-refractivity contribution in [2.45, 2.75) is 19.4 Å². The molecule has 0 fully saturated rings. The molecule has 4 heteroatoms. The monoisotopic (exact) mass is 287 g/mol. The van der Waals surface area contributed by atoms with Crippen molar-refractivity contribution in [1.29, 1.82) is 0 Å². The Balaban J connectivity index is 1.86. The molecule has 0 saturated carbocycles. The first-order valence-electron chi connectivity index (χ1n) is 6.95. The van der Waals surface area contributed by atoms with Gasteiger partial charge in [-0.05, 0) is 41.3 Å². The number of methoxy groups -OCH3 is 1. The molecule has 0 saturated heterocycles. The van der Waals surface area contributed by atoms with Crippen LogP contribution in [0, 0.1) is 0 Å². The highest BCUT2D eigenvalue weighted by atomic mass is 16.5. The number of ether oxygens (including phenoxy) is 1. The summed E-state index contributed by atoms with van der Waals surface area (Å²) in [5.74, 6) is 1.27. The minimum atomic E-state index is 0.156. The zero-order chi connectivity index (χ0) is 15.2. The third-order valence-electron chi connectivity index (χ3n) is 3.49. The van der Waals surface area contributed by atoms with E-state index < -0.39 is 0 Å². The number of phenols is 2. The second kappa shape index (κ2) is 6.99. The molecule has 0 heterocycles. The van der Waals surface area contributed by atoms with E-state index in [2.05, 4.69) is 12.2 Å². The van der Waals surface area contributed by atoms with Crippen LogP contribution in [-0.4, -0.2) is 23.9 Å². The van der Waals surface area contributed by atoms with Gasteiger partial charge in [0.25, 0.3) is 0 Å². The Morgan fingerprint density at radius 3 is 2.43 bits per heavy atom. The van der Waals surface area contributed by atoms with Crippen molar-refractivity contribution in [3.63, 3.8) is 0 Å². The Morgan fingerprint density at radius 2 is 1.81 bits per heavy atom. The standard InChI is InChI=1S/C17H21NO3/c1-12(14-4-6-15(19)7-5-14)10-18-11-13-3-8-17(21-2)16(20)9-13/h3-9,12,18-20H,10-11H2,1-2H3. The molecule has 0 radical (unpaired) electrons. The number of aromatic hydroxyl groups is 2. The van der Waals surface area contributed by atoms with E-state index in [1.54, 1.807) is 24.3 Å². The fourth-order valence-corrected chi connectivity index (χ4v) is 2.20. The van der Waals surface area contributed by atoms with Crippen LogP contribution in [0.15, 0.2) is 42.5 Å². The van der Waals surface area contributed by atoms with Crippen LogP contribution >= 0.6 is 0 Å². The van der Waals surface area contributed by atoms with E-state index in [1.165, 1.54) is 12.7 Å². The highest BCUT2D eigenvalue weighted by molar-refractivity contribution is 5.41. The van der Waals surface area contributed by atoms with Gasteiger partial charge in [0, 0.05) is 13.1 Å². The number of rotatable bonds is 6. The number of phenolic OH excluding ortho intramolecular Hbond substituents is 2. The second-order valence-electron chi connectivity index (χ2n) is 5.13. The van der Waals surface area contributed by atoms with E-state index in [-0.39, 0.29) is 11.5 Å². The van der Waals surface area contributed by atoms with Crippen LogP contribution in [0.5, 0.6) is 17.2 Å². The van der Waals surface area contributed by atoms with Crippen molar-refractivity contribution in [2.24, 2.45) is 0 Å². The molecule has 0 spiro atoms. The Hall–Kier alpha value is -2.20. The maximum Gasteiger partial charge on any atom is 0.160 e. The summed E-state index contributed by atoms with van der Waals surface area (Å²) in [6.07, 6.45) is 0. The molecule has 3 N–H and O–H groups in total. The minimum absolute atomic E-state index is 0.156. The average molecular weight is 287 g/mol. The van der Waals surface area contributed by atoms with Crippen LogP contribution in [0.1, 0.15) is 24.0 Å². The third-order valence-corrected chi connectivity index (χ3v) is 3.49. The first-order chi connectivity index (χ1) is 10.1. The lowest BCUT2D eigenvalue weighted by Gasteiger charge is -2.13. The van der Waals surface area contributed by atoms with Gasteiger partial charge in [0.2, 0.25) is 0 Å². The van der Waals surface area contributed by atoms with Gasteiger partial charge in [0.05, 0.1) is 7.11 Å². The largest absolute Gasteiger partial charge is 0.508 e. The maximum atomic E-state index is 9.73. The third kappa shape index (κ3) is 4.13. The van der Waals surface area contributed by atoms with Crippen molar-refractivity contribution in [3.05, 3.63) is 53.6 Å². The molecule has 1 atom stereocenters. The van der Waals surface area contributed by atoms with E-state index in [4.69, 9.17) is 4.74 Å². The van der Waals surface area contributed by atoms with Crippen LogP contribution in [0.2, 0.25) is 0 Å². The Kier molecular flexibility index (Phi) is 5.06.